The highest BCUT2D eigenvalue weighted by atomic mass is 16.3. The van der Waals surface area contributed by atoms with Crippen LogP contribution in [-0.2, 0) is 4.79 Å². The van der Waals surface area contributed by atoms with Gasteiger partial charge in [0, 0.05) is 19.1 Å². The second kappa shape index (κ2) is 9.42. The van der Waals surface area contributed by atoms with Gasteiger partial charge in [-0.3, -0.25) is 4.79 Å². The first-order chi connectivity index (χ1) is 10.1. The maximum absolute atomic E-state index is 13.2. The Morgan fingerprint density at radius 3 is 2.19 bits per heavy atom. The Labute approximate surface area is 130 Å². The highest BCUT2D eigenvalue weighted by Crippen LogP contribution is 2.34. The molecule has 124 valence electrons. The van der Waals surface area contributed by atoms with Crippen molar-refractivity contribution in [3.05, 3.63) is 0 Å². The Morgan fingerprint density at radius 1 is 1.19 bits per heavy atom. The fourth-order valence-corrected chi connectivity index (χ4v) is 3.84. The Kier molecular flexibility index (Phi) is 8.27. The lowest BCUT2D eigenvalue weighted by Gasteiger charge is -2.41. The fraction of sp³-hybridized carbons (Fsp3) is 0.941. The van der Waals surface area contributed by atoms with Crippen LogP contribution in [0.2, 0.25) is 0 Å². The molecule has 0 bridgehead atoms. The molecular weight excluding hydrogens is 264 g/mol. The van der Waals surface area contributed by atoms with Gasteiger partial charge in [-0.2, -0.15) is 0 Å². The van der Waals surface area contributed by atoms with Crippen LogP contribution in [0.3, 0.4) is 0 Å². The van der Waals surface area contributed by atoms with Gasteiger partial charge in [0.25, 0.3) is 0 Å². The molecule has 1 aliphatic rings. The number of rotatable bonds is 9. The summed E-state index contributed by atoms with van der Waals surface area (Å²) in [5.41, 5.74) is 5.61. The molecule has 1 aliphatic carbocycles. The van der Waals surface area contributed by atoms with Crippen molar-refractivity contribution < 1.29 is 9.90 Å². The monoisotopic (exact) mass is 298 g/mol. The molecule has 1 fully saturated rings. The van der Waals surface area contributed by atoms with Crippen LogP contribution in [0.4, 0.5) is 0 Å². The lowest BCUT2D eigenvalue weighted by Crippen LogP contribution is -2.53. The number of amides is 1. The molecule has 0 aromatic carbocycles. The van der Waals surface area contributed by atoms with Crippen LogP contribution in [0, 0.1) is 5.41 Å². The summed E-state index contributed by atoms with van der Waals surface area (Å²) in [7, 11) is 0. The van der Waals surface area contributed by atoms with Gasteiger partial charge in [-0.1, -0.05) is 46.0 Å². The average Bonchev–Trinajstić information content (AvgIpc) is 2.52. The maximum Gasteiger partial charge on any atom is 0.230 e. The van der Waals surface area contributed by atoms with Crippen molar-refractivity contribution in [2.45, 2.75) is 77.7 Å². The van der Waals surface area contributed by atoms with Gasteiger partial charge in [0.2, 0.25) is 5.91 Å². The molecule has 0 saturated heterocycles. The smallest absolute Gasteiger partial charge is 0.230 e. The highest BCUT2D eigenvalue weighted by molar-refractivity contribution is 5.83. The largest absolute Gasteiger partial charge is 0.395 e. The van der Waals surface area contributed by atoms with Gasteiger partial charge in [-0.15, -0.1) is 0 Å². The quantitative estimate of drug-likeness (QED) is 0.688. The third kappa shape index (κ3) is 4.68. The van der Waals surface area contributed by atoms with Crippen LogP contribution < -0.4 is 5.73 Å². The normalized spacial score (nSPS) is 17.0. The van der Waals surface area contributed by atoms with Crippen LogP contribution >= 0.6 is 0 Å². The number of carbonyl (C=O) groups excluding carboxylic acids is 1. The van der Waals surface area contributed by atoms with Crippen molar-refractivity contribution in [2.24, 2.45) is 11.1 Å². The summed E-state index contributed by atoms with van der Waals surface area (Å²) < 4.78 is 0. The summed E-state index contributed by atoms with van der Waals surface area (Å²) in [4.78, 5) is 15.2. The summed E-state index contributed by atoms with van der Waals surface area (Å²) in [5.74, 6) is 0.189. The van der Waals surface area contributed by atoms with Crippen LogP contribution in [0.5, 0.6) is 0 Å². The molecule has 0 spiro atoms. The van der Waals surface area contributed by atoms with Crippen molar-refractivity contribution in [1.29, 1.82) is 0 Å². The molecule has 0 radical (unpaired) electrons. The molecule has 1 rings (SSSR count). The lowest BCUT2D eigenvalue weighted by atomic mass is 9.77. The standard InChI is InChI=1S/C17H34N2O2/c1-3-10-17(14-18,11-4-2)16(21)19(12-13-20)15-8-6-5-7-9-15/h15,20H,3-14,18H2,1-2H3. The third-order valence-corrected chi connectivity index (χ3v) is 4.92. The van der Waals surface area contributed by atoms with E-state index in [4.69, 9.17) is 5.73 Å². The minimum absolute atomic E-state index is 0.0428. The highest BCUT2D eigenvalue weighted by Gasteiger charge is 2.40. The van der Waals surface area contributed by atoms with Crippen LogP contribution in [0.1, 0.15) is 71.6 Å². The topological polar surface area (TPSA) is 66.6 Å². The SMILES string of the molecule is CCCC(CN)(CCC)C(=O)N(CCO)C1CCCCC1. The van der Waals surface area contributed by atoms with Crippen LogP contribution in [0.25, 0.3) is 0 Å². The molecule has 4 nitrogen and oxygen atoms in total. The summed E-state index contributed by atoms with van der Waals surface area (Å²) in [5, 5.41) is 9.39. The Morgan fingerprint density at radius 2 is 1.76 bits per heavy atom. The van der Waals surface area contributed by atoms with E-state index >= 15 is 0 Å². The molecule has 4 heteroatoms. The zero-order valence-corrected chi connectivity index (χ0v) is 13.9. The van der Waals surface area contributed by atoms with Gasteiger partial charge in [0.05, 0.1) is 12.0 Å². The maximum atomic E-state index is 13.2. The summed E-state index contributed by atoms with van der Waals surface area (Å²) >= 11 is 0. The average molecular weight is 298 g/mol. The van der Waals surface area contributed by atoms with E-state index in [9.17, 15) is 9.90 Å². The molecule has 0 unspecified atom stereocenters. The molecule has 0 atom stereocenters. The molecule has 0 aliphatic heterocycles. The minimum Gasteiger partial charge on any atom is -0.395 e. The van der Waals surface area contributed by atoms with Gasteiger partial charge in [-0.25, -0.2) is 0 Å². The molecule has 0 aromatic rings. The van der Waals surface area contributed by atoms with E-state index in [1.165, 1.54) is 19.3 Å². The van der Waals surface area contributed by atoms with Gasteiger partial charge < -0.3 is 15.7 Å². The molecule has 21 heavy (non-hydrogen) atoms. The molecule has 1 saturated carbocycles. The summed E-state index contributed by atoms with van der Waals surface area (Å²) in [6.45, 7) is 5.15. The van der Waals surface area contributed by atoms with E-state index in [2.05, 4.69) is 13.8 Å². The number of aliphatic hydroxyl groups is 1. The Hall–Kier alpha value is -0.610. The van der Waals surface area contributed by atoms with Gasteiger partial charge in [0.1, 0.15) is 0 Å². The van der Waals surface area contributed by atoms with Crippen molar-refractivity contribution in [3.63, 3.8) is 0 Å². The molecule has 3 N–H and O–H groups in total. The summed E-state index contributed by atoms with van der Waals surface area (Å²) in [6.07, 6.45) is 9.45. The van der Waals surface area contributed by atoms with Gasteiger partial charge >= 0.3 is 0 Å². The number of hydrogen-bond donors (Lipinski definition) is 2. The second-order valence-electron chi connectivity index (χ2n) is 6.50. The first-order valence-electron chi connectivity index (χ1n) is 8.77. The molecule has 0 aromatic heterocycles. The van der Waals surface area contributed by atoms with Crippen molar-refractivity contribution >= 4 is 5.91 Å². The molecular formula is C17H34N2O2. The van der Waals surface area contributed by atoms with Crippen molar-refractivity contribution in [2.75, 3.05) is 19.7 Å². The zero-order valence-electron chi connectivity index (χ0n) is 13.9. The predicted octanol–water partition coefficient (Wildman–Crippen LogP) is 2.69. The van der Waals surface area contributed by atoms with Crippen molar-refractivity contribution in [3.8, 4) is 0 Å². The number of nitrogens with zero attached hydrogens (tertiary/aromatic N) is 1. The fourth-order valence-electron chi connectivity index (χ4n) is 3.84. The number of hydrogen-bond acceptors (Lipinski definition) is 3. The third-order valence-electron chi connectivity index (χ3n) is 4.92. The Balaban J connectivity index is 2.93. The summed E-state index contributed by atoms with van der Waals surface area (Å²) in [6, 6.07) is 0.304. The van der Waals surface area contributed by atoms with Gasteiger partial charge in [0.15, 0.2) is 0 Å². The van der Waals surface area contributed by atoms with E-state index < -0.39 is 5.41 Å². The van der Waals surface area contributed by atoms with E-state index in [0.29, 0.717) is 19.1 Å². The van der Waals surface area contributed by atoms with Gasteiger partial charge in [-0.05, 0) is 25.7 Å². The Bertz CT molecular complexity index is 295. The van der Waals surface area contributed by atoms with E-state index in [0.717, 1.165) is 38.5 Å². The first-order valence-corrected chi connectivity index (χ1v) is 8.77. The van der Waals surface area contributed by atoms with Crippen molar-refractivity contribution in [1.82, 2.24) is 4.90 Å². The first kappa shape index (κ1) is 18.4. The van der Waals surface area contributed by atoms with E-state index in [-0.39, 0.29) is 12.5 Å². The van der Waals surface area contributed by atoms with Crippen LogP contribution in [0.15, 0.2) is 0 Å². The number of carbonyl (C=O) groups is 1. The molecule has 0 heterocycles. The lowest BCUT2D eigenvalue weighted by molar-refractivity contribution is -0.146. The van der Waals surface area contributed by atoms with E-state index in [1.807, 2.05) is 4.90 Å². The number of aliphatic hydroxyl groups excluding tert-OH is 1. The second-order valence-corrected chi connectivity index (χ2v) is 6.50. The van der Waals surface area contributed by atoms with E-state index in [1.54, 1.807) is 0 Å². The molecule has 1 amide bonds. The number of nitrogens with two attached hydrogens (primary N) is 1. The van der Waals surface area contributed by atoms with Crippen LogP contribution in [-0.4, -0.2) is 41.7 Å². The predicted molar refractivity (Wildman–Crippen MR) is 87.0 cm³/mol. The zero-order chi connectivity index (χ0) is 15.7. The minimum atomic E-state index is -0.421.